The van der Waals surface area contributed by atoms with E-state index in [1.54, 1.807) is 0 Å². The summed E-state index contributed by atoms with van der Waals surface area (Å²) in [4.78, 5) is 11.4. The molecular formula is C14H23NO3. The third-order valence-electron chi connectivity index (χ3n) is 2.77. The highest BCUT2D eigenvalue weighted by molar-refractivity contribution is 5.75. The Morgan fingerprint density at radius 3 is 2.61 bits per heavy atom. The number of hydrogen-bond donors (Lipinski definition) is 2. The van der Waals surface area contributed by atoms with Gasteiger partial charge in [0.2, 0.25) is 5.91 Å². The van der Waals surface area contributed by atoms with E-state index in [1.165, 1.54) is 0 Å². The molecule has 102 valence electrons. The second kappa shape index (κ2) is 6.59. The van der Waals surface area contributed by atoms with Gasteiger partial charge in [0.15, 0.2) is 0 Å². The minimum atomic E-state index is -0.582. The standard InChI is InChI=1S/C14H23NO3/c1-9(2)7-14(17)15-6-5-13(16)12-8-10(3)18-11(12)4/h8-9,13,16H,5-7H2,1-4H3,(H,15,17). The lowest BCUT2D eigenvalue weighted by Gasteiger charge is -2.11. The second-order valence-corrected chi connectivity index (χ2v) is 5.12. The van der Waals surface area contributed by atoms with Gasteiger partial charge in [-0.15, -0.1) is 0 Å². The Hall–Kier alpha value is -1.29. The molecule has 0 spiro atoms. The molecule has 0 aliphatic rings. The summed E-state index contributed by atoms with van der Waals surface area (Å²) in [6, 6.07) is 1.84. The minimum absolute atomic E-state index is 0.0392. The van der Waals surface area contributed by atoms with E-state index in [0.29, 0.717) is 25.3 Å². The fourth-order valence-corrected chi connectivity index (χ4v) is 1.93. The molecule has 0 radical (unpaired) electrons. The summed E-state index contributed by atoms with van der Waals surface area (Å²) in [5.41, 5.74) is 0.811. The number of aliphatic hydroxyl groups is 1. The zero-order valence-corrected chi connectivity index (χ0v) is 11.6. The van der Waals surface area contributed by atoms with Gasteiger partial charge in [-0.1, -0.05) is 13.8 Å². The summed E-state index contributed by atoms with van der Waals surface area (Å²) >= 11 is 0. The summed E-state index contributed by atoms with van der Waals surface area (Å²) < 4.78 is 5.37. The number of rotatable bonds is 6. The lowest BCUT2D eigenvalue weighted by Crippen LogP contribution is -2.26. The Morgan fingerprint density at radius 2 is 2.11 bits per heavy atom. The molecule has 1 amide bonds. The van der Waals surface area contributed by atoms with Crippen molar-refractivity contribution in [2.45, 2.75) is 46.6 Å². The van der Waals surface area contributed by atoms with Gasteiger partial charge in [0.25, 0.3) is 0 Å². The number of amides is 1. The number of aliphatic hydroxyl groups excluding tert-OH is 1. The van der Waals surface area contributed by atoms with Crippen molar-refractivity contribution in [1.82, 2.24) is 5.32 Å². The van der Waals surface area contributed by atoms with Crippen LogP contribution in [0.1, 0.15) is 49.9 Å². The molecule has 0 saturated heterocycles. The van der Waals surface area contributed by atoms with Gasteiger partial charge in [-0.05, 0) is 32.3 Å². The second-order valence-electron chi connectivity index (χ2n) is 5.12. The molecule has 0 aliphatic carbocycles. The van der Waals surface area contributed by atoms with Crippen molar-refractivity contribution in [2.75, 3.05) is 6.54 Å². The van der Waals surface area contributed by atoms with Crippen LogP contribution in [0.5, 0.6) is 0 Å². The van der Waals surface area contributed by atoms with Crippen molar-refractivity contribution in [1.29, 1.82) is 0 Å². The summed E-state index contributed by atoms with van der Waals surface area (Å²) in [5.74, 6) is 1.94. The SMILES string of the molecule is Cc1cc(C(O)CCNC(=O)CC(C)C)c(C)o1. The number of carbonyl (C=O) groups is 1. The van der Waals surface area contributed by atoms with Crippen LogP contribution in [-0.4, -0.2) is 17.6 Å². The first-order chi connectivity index (χ1) is 8.40. The van der Waals surface area contributed by atoms with Crippen LogP contribution in [0, 0.1) is 19.8 Å². The fraction of sp³-hybridized carbons (Fsp3) is 0.643. The average molecular weight is 253 g/mol. The highest BCUT2D eigenvalue weighted by Gasteiger charge is 2.14. The van der Waals surface area contributed by atoms with Crippen molar-refractivity contribution < 1.29 is 14.3 Å². The van der Waals surface area contributed by atoms with E-state index < -0.39 is 6.10 Å². The molecule has 0 fully saturated rings. The summed E-state index contributed by atoms with van der Waals surface area (Å²) in [7, 11) is 0. The highest BCUT2D eigenvalue weighted by Crippen LogP contribution is 2.23. The topological polar surface area (TPSA) is 62.5 Å². The molecule has 18 heavy (non-hydrogen) atoms. The van der Waals surface area contributed by atoms with Gasteiger partial charge < -0.3 is 14.8 Å². The summed E-state index contributed by atoms with van der Waals surface area (Å²) in [6.45, 7) is 8.19. The monoisotopic (exact) mass is 253 g/mol. The Morgan fingerprint density at radius 1 is 1.44 bits per heavy atom. The largest absolute Gasteiger partial charge is 0.466 e. The van der Waals surface area contributed by atoms with Crippen LogP contribution in [0.25, 0.3) is 0 Å². The molecule has 1 atom stereocenters. The van der Waals surface area contributed by atoms with Gasteiger partial charge in [-0.25, -0.2) is 0 Å². The molecule has 1 heterocycles. The molecule has 4 nitrogen and oxygen atoms in total. The number of furan rings is 1. The maximum absolute atomic E-state index is 11.4. The lowest BCUT2D eigenvalue weighted by atomic mass is 10.1. The van der Waals surface area contributed by atoms with Crippen molar-refractivity contribution in [3.63, 3.8) is 0 Å². The van der Waals surface area contributed by atoms with Crippen LogP contribution < -0.4 is 5.32 Å². The molecule has 2 N–H and O–H groups in total. The Labute approximate surface area is 108 Å². The predicted octanol–water partition coefficient (Wildman–Crippen LogP) is 2.48. The predicted molar refractivity (Wildman–Crippen MR) is 70.2 cm³/mol. The first kappa shape index (κ1) is 14.8. The third-order valence-corrected chi connectivity index (χ3v) is 2.77. The van der Waals surface area contributed by atoms with E-state index in [1.807, 2.05) is 33.8 Å². The van der Waals surface area contributed by atoms with E-state index in [0.717, 1.165) is 17.1 Å². The minimum Gasteiger partial charge on any atom is -0.466 e. The molecule has 0 saturated carbocycles. The molecule has 0 aromatic carbocycles. The Balaban J connectivity index is 2.35. The van der Waals surface area contributed by atoms with Gasteiger partial charge in [-0.2, -0.15) is 0 Å². The maximum atomic E-state index is 11.4. The van der Waals surface area contributed by atoms with E-state index in [-0.39, 0.29) is 5.91 Å². The van der Waals surface area contributed by atoms with Gasteiger partial charge in [0, 0.05) is 18.5 Å². The van der Waals surface area contributed by atoms with E-state index in [4.69, 9.17) is 4.42 Å². The molecule has 1 aromatic heterocycles. The first-order valence-corrected chi connectivity index (χ1v) is 6.41. The van der Waals surface area contributed by atoms with Crippen molar-refractivity contribution in [3.8, 4) is 0 Å². The normalized spacial score (nSPS) is 12.8. The maximum Gasteiger partial charge on any atom is 0.220 e. The van der Waals surface area contributed by atoms with Crippen LogP contribution in [-0.2, 0) is 4.79 Å². The number of nitrogens with one attached hydrogen (secondary N) is 1. The summed E-state index contributed by atoms with van der Waals surface area (Å²) in [6.07, 6.45) is 0.450. The molecular weight excluding hydrogens is 230 g/mol. The molecule has 0 aliphatic heterocycles. The molecule has 1 unspecified atom stereocenters. The van der Waals surface area contributed by atoms with Gasteiger partial charge >= 0.3 is 0 Å². The van der Waals surface area contributed by atoms with Crippen LogP contribution in [0.15, 0.2) is 10.5 Å². The number of hydrogen-bond acceptors (Lipinski definition) is 3. The quantitative estimate of drug-likeness (QED) is 0.818. The van der Waals surface area contributed by atoms with Gasteiger partial charge in [0.1, 0.15) is 11.5 Å². The van der Waals surface area contributed by atoms with E-state index in [9.17, 15) is 9.90 Å². The van der Waals surface area contributed by atoms with E-state index in [2.05, 4.69) is 5.32 Å². The van der Waals surface area contributed by atoms with Crippen molar-refractivity contribution in [2.24, 2.45) is 5.92 Å². The fourth-order valence-electron chi connectivity index (χ4n) is 1.93. The Kier molecular flexibility index (Phi) is 5.41. The summed E-state index contributed by atoms with van der Waals surface area (Å²) in [5, 5.41) is 12.8. The van der Waals surface area contributed by atoms with Crippen molar-refractivity contribution >= 4 is 5.91 Å². The third kappa shape index (κ3) is 4.53. The smallest absolute Gasteiger partial charge is 0.220 e. The van der Waals surface area contributed by atoms with Crippen molar-refractivity contribution in [3.05, 3.63) is 23.2 Å². The van der Waals surface area contributed by atoms with Crippen LogP contribution in [0.3, 0.4) is 0 Å². The molecule has 4 heteroatoms. The zero-order chi connectivity index (χ0) is 13.7. The first-order valence-electron chi connectivity index (χ1n) is 6.41. The van der Waals surface area contributed by atoms with Crippen LogP contribution in [0.4, 0.5) is 0 Å². The number of aryl methyl sites for hydroxylation is 2. The lowest BCUT2D eigenvalue weighted by molar-refractivity contribution is -0.121. The highest BCUT2D eigenvalue weighted by atomic mass is 16.3. The zero-order valence-electron chi connectivity index (χ0n) is 11.6. The number of carbonyl (C=O) groups excluding carboxylic acids is 1. The average Bonchev–Trinajstić information content (AvgIpc) is 2.56. The Bertz CT molecular complexity index is 396. The van der Waals surface area contributed by atoms with Crippen LogP contribution >= 0.6 is 0 Å². The molecule has 1 aromatic rings. The molecule has 1 rings (SSSR count). The van der Waals surface area contributed by atoms with Crippen LogP contribution in [0.2, 0.25) is 0 Å². The van der Waals surface area contributed by atoms with Gasteiger partial charge in [0.05, 0.1) is 6.10 Å². The van der Waals surface area contributed by atoms with E-state index >= 15 is 0 Å². The molecule has 0 bridgehead atoms. The van der Waals surface area contributed by atoms with Gasteiger partial charge in [-0.3, -0.25) is 4.79 Å².